The molecule has 0 spiro atoms. The molecule has 174 valence electrons. The highest BCUT2D eigenvalue weighted by molar-refractivity contribution is 6.30. The third-order valence-corrected chi connectivity index (χ3v) is 6.48. The number of hydrogen-bond donors (Lipinski definition) is 1. The van der Waals surface area contributed by atoms with E-state index in [1.54, 1.807) is 29.2 Å². The number of halogens is 1. The molecular formula is C28H27ClN2O3. The van der Waals surface area contributed by atoms with Crippen LogP contribution in [0, 0.1) is 5.92 Å². The van der Waals surface area contributed by atoms with Crippen molar-refractivity contribution in [1.82, 2.24) is 10.2 Å². The predicted octanol–water partition coefficient (Wildman–Crippen LogP) is 4.80. The van der Waals surface area contributed by atoms with E-state index in [0.717, 1.165) is 5.56 Å². The van der Waals surface area contributed by atoms with Crippen LogP contribution in [-0.4, -0.2) is 41.6 Å². The zero-order valence-corrected chi connectivity index (χ0v) is 19.6. The van der Waals surface area contributed by atoms with Gasteiger partial charge in [0.15, 0.2) is 5.78 Å². The summed E-state index contributed by atoms with van der Waals surface area (Å²) >= 11 is 5.94. The van der Waals surface area contributed by atoms with E-state index in [9.17, 15) is 14.4 Å². The van der Waals surface area contributed by atoms with Crippen molar-refractivity contribution in [2.45, 2.75) is 25.3 Å². The van der Waals surface area contributed by atoms with Crippen LogP contribution in [0.25, 0.3) is 0 Å². The number of ketones is 1. The van der Waals surface area contributed by atoms with Crippen molar-refractivity contribution in [3.63, 3.8) is 0 Å². The van der Waals surface area contributed by atoms with E-state index in [1.807, 2.05) is 60.7 Å². The number of benzene rings is 3. The highest BCUT2D eigenvalue weighted by atomic mass is 35.5. The molecule has 1 aliphatic rings. The van der Waals surface area contributed by atoms with Crippen LogP contribution in [0.4, 0.5) is 0 Å². The first-order valence-corrected chi connectivity index (χ1v) is 11.9. The topological polar surface area (TPSA) is 66.5 Å². The standard InChI is InChI=1S/C28H27ClN2O3/c29-24-13-11-23(12-14-24)27(33)30-25(19-20-7-3-1-4-8-20)28(34)31-17-15-22(16-18-31)26(32)21-9-5-2-6-10-21/h1-14,22,25H,15-19H2,(H,30,33). The molecular weight excluding hydrogens is 448 g/mol. The molecule has 0 radical (unpaired) electrons. The van der Waals surface area contributed by atoms with Crippen LogP contribution >= 0.6 is 11.6 Å². The summed E-state index contributed by atoms with van der Waals surface area (Å²) in [7, 11) is 0. The van der Waals surface area contributed by atoms with Crippen LogP contribution < -0.4 is 5.32 Å². The fraction of sp³-hybridized carbons (Fsp3) is 0.250. The summed E-state index contributed by atoms with van der Waals surface area (Å²) < 4.78 is 0. The fourth-order valence-electron chi connectivity index (χ4n) is 4.31. The molecule has 1 saturated heterocycles. The van der Waals surface area contributed by atoms with Gasteiger partial charge >= 0.3 is 0 Å². The molecule has 3 aromatic carbocycles. The Morgan fingerprint density at radius 1 is 0.824 bits per heavy atom. The number of nitrogens with zero attached hydrogens (tertiary/aromatic N) is 1. The molecule has 0 saturated carbocycles. The van der Waals surface area contributed by atoms with Gasteiger partial charge in [0.2, 0.25) is 5.91 Å². The molecule has 6 heteroatoms. The molecule has 1 atom stereocenters. The van der Waals surface area contributed by atoms with Crippen LogP contribution in [0.1, 0.15) is 39.1 Å². The van der Waals surface area contributed by atoms with Gasteiger partial charge in [0.25, 0.3) is 5.91 Å². The molecule has 0 aromatic heterocycles. The van der Waals surface area contributed by atoms with E-state index in [4.69, 9.17) is 11.6 Å². The van der Waals surface area contributed by atoms with E-state index in [-0.39, 0.29) is 23.5 Å². The first-order chi connectivity index (χ1) is 16.5. The summed E-state index contributed by atoms with van der Waals surface area (Å²) in [6, 6.07) is 24.8. The Morgan fingerprint density at radius 2 is 1.41 bits per heavy atom. The fourth-order valence-corrected chi connectivity index (χ4v) is 4.44. The average molecular weight is 475 g/mol. The van der Waals surface area contributed by atoms with Gasteiger partial charge in [-0.15, -0.1) is 0 Å². The molecule has 5 nitrogen and oxygen atoms in total. The Bertz CT molecular complexity index is 1130. The van der Waals surface area contributed by atoms with Gasteiger partial charge in [0.1, 0.15) is 6.04 Å². The lowest BCUT2D eigenvalue weighted by Crippen LogP contribution is -2.52. The minimum absolute atomic E-state index is 0.0947. The van der Waals surface area contributed by atoms with Crippen LogP contribution in [0.2, 0.25) is 5.02 Å². The SMILES string of the molecule is O=C(NC(Cc1ccccc1)C(=O)N1CCC(C(=O)c2ccccc2)CC1)c1ccc(Cl)cc1. The second kappa shape index (κ2) is 11.1. The highest BCUT2D eigenvalue weighted by Crippen LogP contribution is 2.23. The monoisotopic (exact) mass is 474 g/mol. The third kappa shape index (κ3) is 5.91. The van der Waals surface area contributed by atoms with Crippen molar-refractivity contribution < 1.29 is 14.4 Å². The molecule has 1 heterocycles. The maximum atomic E-state index is 13.5. The number of carbonyl (C=O) groups excluding carboxylic acids is 3. The summed E-state index contributed by atoms with van der Waals surface area (Å²) in [6.07, 6.45) is 1.62. The van der Waals surface area contributed by atoms with Crippen molar-refractivity contribution in [2.75, 3.05) is 13.1 Å². The van der Waals surface area contributed by atoms with Crippen molar-refractivity contribution in [1.29, 1.82) is 0 Å². The molecule has 0 aliphatic carbocycles. The molecule has 1 N–H and O–H groups in total. The van der Waals surface area contributed by atoms with Crippen LogP contribution in [0.15, 0.2) is 84.9 Å². The predicted molar refractivity (Wildman–Crippen MR) is 133 cm³/mol. The van der Waals surface area contributed by atoms with Crippen molar-refractivity contribution in [2.24, 2.45) is 5.92 Å². The maximum Gasteiger partial charge on any atom is 0.251 e. The minimum atomic E-state index is -0.702. The summed E-state index contributed by atoms with van der Waals surface area (Å²) in [5, 5.41) is 3.46. The highest BCUT2D eigenvalue weighted by Gasteiger charge is 2.32. The van der Waals surface area contributed by atoms with Gasteiger partial charge in [-0.25, -0.2) is 0 Å². The average Bonchev–Trinajstić information content (AvgIpc) is 2.89. The van der Waals surface area contributed by atoms with Gasteiger partial charge < -0.3 is 10.2 Å². The van der Waals surface area contributed by atoms with Crippen molar-refractivity contribution in [3.05, 3.63) is 107 Å². The van der Waals surface area contributed by atoms with Gasteiger partial charge in [0, 0.05) is 41.6 Å². The molecule has 2 amide bonds. The second-order valence-corrected chi connectivity index (χ2v) is 8.99. The number of likely N-dealkylation sites (tertiary alicyclic amines) is 1. The smallest absolute Gasteiger partial charge is 0.251 e. The van der Waals surface area contributed by atoms with E-state index in [0.29, 0.717) is 48.5 Å². The molecule has 3 aromatic rings. The Morgan fingerprint density at radius 3 is 2.03 bits per heavy atom. The first kappa shape index (κ1) is 23.7. The van der Waals surface area contributed by atoms with E-state index < -0.39 is 6.04 Å². The molecule has 1 aliphatic heterocycles. The van der Waals surface area contributed by atoms with E-state index in [1.165, 1.54) is 0 Å². The Hall–Kier alpha value is -3.44. The van der Waals surface area contributed by atoms with Gasteiger partial charge in [-0.3, -0.25) is 14.4 Å². The molecule has 1 fully saturated rings. The Labute approximate surface area is 204 Å². The molecule has 34 heavy (non-hydrogen) atoms. The van der Waals surface area contributed by atoms with Crippen LogP contribution in [-0.2, 0) is 11.2 Å². The number of hydrogen-bond acceptors (Lipinski definition) is 3. The van der Waals surface area contributed by atoms with Gasteiger partial charge in [0.05, 0.1) is 0 Å². The lowest BCUT2D eigenvalue weighted by molar-refractivity contribution is -0.134. The maximum absolute atomic E-state index is 13.5. The number of nitrogens with one attached hydrogen (secondary N) is 1. The number of amides is 2. The molecule has 0 bridgehead atoms. The zero-order chi connectivity index (χ0) is 23.9. The summed E-state index contributed by atoms with van der Waals surface area (Å²) in [4.78, 5) is 40.9. The van der Waals surface area contributed by atoms with E-state index in [2.05, 4.69) is 5.32 Å². The molecule has 1 unspecified atom stereocenters. The molecule has 4 rings (SSSR count). The lowest BCUT2D eigenvalue weighted by atomic mass is 9.88. The van der Waals surface area contributed by atoms with Crippen LogP contribution in [0.5, 0.6) is 0 Å². The second-order valence-electron chi connectivity index (χ2n) is 8.55. The number of rotatable bonds is 7. The Balaban J connectivity index is 1.44. The summed E-state index contributed by atoms with van der Waals surface area (Å²) in [5.41, 5.74) is 2.12. The number of Topliss-reactive ketones (excluding diaryl/α,β-unsaturated/α-hetero) is 1. The summed E-state index contributed by atoms with van der Waals surface area (Å²) in [5.74, 6) is -0.413. The largest absolute Gasteiger partial charge is 0.341 e. The lowest BCUT2D eigenvalue weighted by Gasteiger charge is -2.34. The van der Waals surface area contributed by atoms with Crippen molar-refractivity contribution >= 4 is 29.2 Å². The van der Waals surface area contributed by atoms with E-state index >= 15 is 0 Å². The Kier molecular flexibility index (Phi) is 7.76. The number of carbonyl (C=O) groups is 3. The zero-order valence-electron chi connectivity index (χ0n) is 18.8. The normalized spacial score (nSPS) is 14.9. The van der Waals surface area contributed by atoms with Gasteiger partial charge in [-0.05, 0) is 42.7 Å². The summed E-state index contributed by atoms with van der Waals surface area (Å²) in [6.45, 7) is 0.981. The van der Waals surface area contributed by atoms with Crippen LogP contribution in [0.3, 0.4) is 0 Å². The van der Waals surface area contributed by atoms with Gasteiger partial charge in [-0.1, -0.05) is 72.3 Å². The first-order valence-electron chi connectivity index (χ1n) is 11.5. The quantitative estimate of drug-likeness (QED) is 0.500. The number of piperidine rings is 1. The van der Waals surface area contributed by atoms with Gasteiger partial charge in [-0.2, -0.15) is 0 Å². The third-order valence-electron chi connectivity index (χ3n) is 6.23. The van der Waals surface area contributed by atoms with Crippen molar-refractivity contribution in [3.8, 4) is 0 Å². The minimum Gasteiger partial charge on any atom is -0.341 e.